The van der Waals surface area contributed by atoms with E-state index in [1.165, 1.54) is 32.1 Å². The van der Waals surface area contributed by atoms with E-state index in [0.29, 0.717) is 21.8 Å². The minimum atomic E-state index is -0.597. The Morgan fingerprint density at radius 2 is 1.92 bits per heavy atom. The quantitative estimate of drug-likeness (QED) is 0.823. The summed E-state index contributed by atoms with van der Waals surface area (Å²) in [7, 11) is 0. The van der Waals surface area contributed by atoms with E-state index in [1.54, 1.807) is 25.1 Å². The number of likely N-dealkylation sites (tertiary alicyclic amines) is 1. The smallest absolute Gasteiger partial charge is 0.261 e. The number of nitrogens with zero attached hydrogens (tertiary/aromatic N) is 1. The lowest BCUT2D eigenvalue weighted by Gasteiger charge is -2.38. The van der Waals surface area contributed by atoms with Gasteiger partial charge in [-0.25, -0.2) is 0 Å². The molecular weight excluding hydrogens is 359 g/mol. The molecule has 1 aliphatic heterocycles. The van der Waals surface area contributed by atoms with Crippen LogP contribution in [0.25, 0.3) is 0 Å². The fourth-order valence-electron chi connectivity index (χ4n) is 3.90. The molecule has 2 fully saturated rings. The average Bonchev–Trinajstić information content (AvgIpc) is 3.12. The van der Waals surface area contributed by atoms with Gasteiger partial charge in [0.2, 0.25) is 0 Å². The van der Waals surface area contributed by atoms with Gasteiger partial charge in [-0.3, -0.25) is 9.69 Å². The van der Waals surface area contributed by atoms with Crippen molar-refractivity contribution in [1.82, 2.24) is 10.2 Å². The topological polar surface area (TPSA) is 41.6 Å². The highest BCUT2D eigenvalue weighted by atomic mass is 35.5. The lowest BCUT2D eigenvalue weighted by Crippen LogP contribution is -2.54. The Bertz CT molecular complexity index is 605. The molecule has 1 saturated carbocycles. The van der Waals surface area contributed by atoms with E-state index in [4.69, 9.17) is 27.9 Å². The SMILES string of the molecule is CC(Oc1ccc(Cl)cc1Cl)C(=O)NC1CCCCC1N1CCCC1. The number of halogens is 2. The number of hydrogen-bond donors (Lipinski definition) is 1. The summed E-state index contributed by atoms with van der Waals surface area (Å²) >= 11 is 12.0. The zero-order valence-electron chi connectivity index (χ0n) is 14.6. The van der Waals surface area contributed by atoms with Crippen molar-refractivity contribution in [2.24, 2.45) is 0 Å². The van der Waals surface area contributed by atoms with E-state index in [9.17, 15) is 4.79 Å². The molecule has 1 heterocycles. The zero-order valence-corrected chi connectivity index (χ0v) is 16.2. The van der Waals surface area contributed by atoms with Gasteiger partial charge in [-0.1, -0.05) is 36.0 Å². The molecule has 1 saturated heterocycles. The van der Waals surface area contributed by atoms with Crippen molar-refractivity contribution in [3.8, 4) is 5.75 Å². The lowest BCUT2D eigenvalue weighted by molar-refractivity contribution is -0.128. The summed E-state index contributed by atoms with van der Waals surface area (Å²) in [6.07, 6.45) is 6.58. The summed E-state index contributed by atoms with van der Waals surface area (Å²) in [5, 5.41) is 4.18. The number of benzene rings is 1. The summed E-state index contributed by atoms with van der Waals surface area (Å²) in [6, 6.07) is 5.70. The van der Waals surface area contributed by atoms with Crippen LogP contribution in [-0.4, -0.2) is 42.1 Å². The Kier molecular flexibility index (Phi) is 6.48. The van der Waals surface area contributed by atoms with E-state index in [2.05, 4.69) is 10.2 Å². The molecule has 2 aliphatic rings. The van der Waals surface area contributed by atoms with Crippen molar-refractivity contribution in [3.63, 3.8) is 0 Å². The maximum absolute atomic E-state index is 12.6. The van der Waals surface area contributed by atoms with Crippen LogP contribution in [0, 0.1) is 0 Å². The first kappa shape index (κ1) is 18.8. The van der Waals surface area contributed by atoms with Crippen LogP contribution in [0.3, 0.4) is 0 Å². The monoisotopic (exact) mass is 384 g/mol. The number of amides is 1. The van der Waals surface area contributed by atoms with Crippen molar-refractivity contribution in [2.75, 3.05) is 13.1 Å². The summed E-state index contributed by atoms with van der Waals surface area (Å²) in [5.74, 6) is 0.399. The van der Waals surface area contributed by atoms with Gasteiger partial charge in [0, 0.05) is 17.1 Å². The summed E-state index contributed by atoms with van der Waals surface area (Å²) in [6.45, 7) is 4.07. The molecule has 0 spiro atoms. The average molecular weight is 385 g/mol. The van der Waals surface area contributed by atoms with Crippen LogP contribution in [0.5, 0.6) is 5.75 Å². The first-order valence-corrected chi connectivity index (χ1v) is 9.96. The third-order valence-corrected chi connectivity index (χ3v) is 5.76. The molecule has 0 radical (unpaired) electrons. The van der Waals surface area contributed by atoms with Crippen LogP contribution in [0.15, 0.2) is 18.2 Å². The Labute approximate surface area is 159 Å². The van der Waals surface area contributed by atoms with E-state index < -0.39 is 6.10 Å². The molecule has 4 nitrogen and oxygen atoms in total. The number of carbonyl (C=O) groups is 1. The van der Waals surface area contributed by atoms with Crippen molar-refractivity contribution < 1.29 is 9.53 Å². The van der Waals surface area contributed by atoms with Crippen LogP contribution in [-0.2, 0) is 4.79 Å². The molecule has 1 aromatic carbocycles. The zero-order chi connectivity index (χ0) is 17.8. The molecule has 25 heavy (non-hydrogen) atoms. The molecule has 3 rings (SSSR count). The van der Waals surface area contributed by atoms with Gasteiger partial charge in [0.05, 0.1) is 5.02 Å². The molecule has 1 N–H and O–H groups in total. The molecule has 0 bridgehead atoms. The number of hydrogen-bond acceptors (Lipinski definition) is 3. The van der Waals surface area contributed by atoms with E-state index in [1.807, 2.05) is 0 Å². The Morgan fingerprint density at radius 1 is 1.20 bits per heavy atom. The maximum atomic E-state index is 12.6. The minimum absolute atomic E-state index is 0.0814. The second kappa shape index (κ2) is 8.61. The number of carbonyl (C=O) groups excluding carboxylic acids is 1. The summed E-state index contributed by atoms with van der Waals surface area (Å²) in [4.78, 5) is 15.2. The molecule has 1 aliphatic carbocycles. The van der Waals surface area contributed by atoms with Gasteiger partial charge in [0.15, 0.2) is 6.10 Å². The fourth-order valence-corrected chi connectivity index (χ4v) is 4.36. The van der Waals surface area contributed by atoms with Crippen molar-refractivity contribution in [1.29, 1.82) is 0 Å². The van der Waals surface area contributed by atoms with Crippen molar-refractivity contribution in [3.05, 3.63) is 28.2 Å². The maximum Gasteiger partial charge on any atom is 0.261 e. The molecule has 3 atom stereocenters. The second-order valence-electron chi connectivity index (χ2n) is 7.04. The first-order valence-electron chi connectivity index (χ1n) is 9.21. The van der Waals surface area contributed by atoms with Gasteiger partial charge >= 0.3 is 0 Å². The normalized spacial score (nSPS) is 25.6. The largest absolute Gasteiger partial charge is 0.479 e. The van der Waals surface area contributed by atoms with Gasteiger partial charge in [0.25, 0.3) is 5.91 Å². The molecule has 3 unspecified atom stereocenters. The van der Waals surface area contributed by atoms with Gasteiger partial charge in [-0.2, -0.15) is 0 Å². The fraction of sp³-hybridized carbons (Fsp3) is 0.632. The van der Waals surface area contributed by atoms with Gasteiger partial charge in [0.1, 0.15) is 5.75 Å². The highest BCUT2D eigenvalue weighted by Gasteiger charge is 2.33. The number of nitrogens with one attached hydrogen (secondary N) is 1. The molecule has 138 valence electrons. The summed E-state index contributed by atoms with van der Waals surface area (Å²) in [5.41, 5.74) is 0. The van der Waals surface area contributed by atoms with Crippen LogP contribution < -0.4 is 10.1 Å². The van der Waals surface area contributed by atoms with E-state index >= 15 is 0 Å². The standard InChI is InChI=1S/C19H26Cl2N2O2/c1-13(25-18-9-8-14(20)12-15(18)21)19(24)22-16-6-2-3-7-17(16)23-10-4-5-11-23/h8-9,12-13,16-17H,2-7,10-11H2,1H3,(H,22,24). The number of ether oxygens (including phenoxy) is 1. The highest BCUT2D eigenvalue weighted by Crippen LogP contribution is 2.29. The molecule has 1 aromatic rings. The van der Waals surface area contributed by atoms with Crippen LogP contribution >= 0.6 is 23.2 Å². The highest BCUT2D eigenvalue weighted by molar-refractivity contribution is 6.35. The number of rotatable bonds is 5. The van der Waals surface area contributed by atoms with Gasteiger partial charge < -0.3 is 10.1 Å². The molecule has 1 amide bonds. The predicted molar refractivity (Wildman–Crippen MR) is 102 cm³/mol. The Balaban J connectivity index is 1.59. The van der Waals surface area contributed by atoms with Crippen molar-refractivity contribution in [2.45, 2.75) is 63.6 Å². The van der Waals surface area contributed by atoms with E-state index in [-0.39, 0.29) is 11.9 Å². The lowest BCUT2D eigenvalue weighted by atomic mass is 9.89. The van der Waals surface area contributed by atoms with Gasteiger partial charge in [-0.05, 0) is 63.9 Å². The minimum Gasteiger partial charge on any atom is -0.479 e. The van der Waals surface area contributed by atoms with Gasteiger partial charge in [-0.15, -0.1) is 0 Å². The molecule has 6 heteroatoms. The first-order chi connectivity index (χ1) is 12.0. The Hall–Kier alpha value is -0.970. The van der Waals surface area contributed by atoms with Crippen molar-refractivity contribution >= 4 is 29.1 Å². The summed E-state index contributed by atoms with van der Waals surface area (Å²) < 4.78 is 5.75. The predicted octanol–water partition coefficient (Wildman–Crippen LogP) is 4.28. The molecule has 0 aromatic heterocycles. The third kappa shape index (κ3) is 4.81. The molecular formula is C19H26Cl2N2O2. The van der Waals surface area contributed by atoms with E-state index in [0.717, 1.165) is 19.5 Å². The van der Waals surface area contributed by atoms with Crippen LogP contribution in [0.4, 0.5) is 0 Å². The van der Waals surface area contributed by atoms with Crippen LogP contribution in [0.2, 0.25) is 10.0 Å². The second-order valence-corrected chi connectivity index (χ2v) is 7.89. The third-order valence-electron chi connectivity index (χ3n) is 5.23. The Morgan fingerprint density at radius 3 is 2.64 bits per heavy atom. The van der Waals surface area contributed by atoms with Crippen LogP contribution in [0.1, 0.15) is 45.4 Å².